The molecule has 1 aliphatic rings. The van der Waals surface area contributed by atoms with Crippen LogP contribution in [0.25, 0.3) is 0 Å². The van der Waals surface area contributed by atoms with Gasteiger partial charge < -0.3 is 13.9 Å². The van der Waals surface area contributed by atoms with Crippen molar-refractivity contribution >= 4 is 20.6 Å². The molecule has 5 atom stereocenters. The van der Waals surface area contributed by atoms with E-state index in [0.717, 1.165) is 11.8 Å². The minimum Gasteiger partial charge on any atom is -0.447 e. The molecule has 2 aromatic rings. The lowest BCUT2D eigenvalue weighted by Crippen LogP contribution is -2.62. The number of carbonyl (C=O) groups is 2. The van der Waals surface area contributed by atoms with Gasteiger partial charge in [0.1, 0.15) is 0 Å². The first-order chi connectivity index (χ1) is 16.9. The molecule has 0 bridgehead atoms. The van der Waals surface area contributed by atoms with Crippen LogP contribution >= 0.6 is 0 Å². The highest BCUT2D eigenvalue weighted by Crippen LogP contribution is 2.46. The Kier molecular flexibility index (Phi) is 8.75. The van der Waals surface area contributed by atoms with Crippen molar-refractivity contribution in [3.8, 4) is 0 Å². The van der Waals surface area contributed by atoms with E-state index in [1.165, 1.54) is 0 Å². The SMILES string of the molecule is C=C[C@H]1[C@@H](OCc2ccccc2)[C@H](O[Si](C)(C)C(C)(C)C)[C@H](C)C[C@]1(C=O)OC(=O)c1ccccc1. The zero-order valence-electron chi connectivity index (χ0n) is 22.4. The van der Waals surface area contributed by atoms with Crippen LogP contribution in [0.2, 0.25) is 18.1 Å². The summed E-state index contributed by atoms with van der Waals surface area (Å²) in [7, 11) is -2.18. The van der Waals surface area contributed by atoms with Crippen LogP contribution in [0.1, 0.15) is 50.0 Å². The largest absolute Gasteiger partial charge is 0.447 e. The van der Waals surface area contributed by atoms with Crippen LogP contribution in [0, 0.1) is 11.8 Å². The average Bonchev–Trinajstić information content (AvgIpc) is 2.84. The number of hydrogen-bond donors (Lipinski definition) is 0. The summed E-state index contributed by atoms with van der Waals surface area (Å²) in [5.74, 6) is -1.20. The lowest BCUT2D eigenvalue weighted by molar-refractivity contribution is -0.176. The second kappa shape index (κ2) is 11.2. The third-order valence-corrected chi connectivity index (χ3v) is 12.2. The van der Waals surface area contributed by atoms with Crippen LogP contribution in [0.5, 0.6) is 0 Å². The monoisotopic (exact) mass is 508 g/mol. The Morgan fingerprint density at radius 3 is 2.17 bits per heavy atom. The van der Waals surface area contributed by atoms with E-state index in [2.05, 4.69) is 40.4 Å². The minimum atomic E-state index is -2.18. The predicted octanol–water partition coefficient (Wildman–Crippen LogP) is 6.60. The third-order valence-electron chi connectivity index (χ3n) is 7.71. The molecule has 0 radical (unpaired) electrons. The molecule has 0 aromatic heterocycles. The van der Waals surface area contributed by atoms with Crippen molar-refractivity contribution in [3.63, 3.8) is 0 Å². The fraction of sp³-hybridized carbons (Fsp3) is 0.467. The quantitative estimate of drug-likeness (QED) is 0.165. The van der Waals surface area contributed by atoms with Crippen LogP contribution in [0.4, 0.5) is 0 Å². The molecule has 2 aromatic carbocycles. The van der Waals surface area contributed by atoms with E-state index in [-0.39, 0.29) is 17.1 Å². The van der Waals surface area contributed by atoms with Gasteiger partial charge in [0.25, 0.3) is 0 Å². The highest BCUT2D eigenvalue weighted by molar-refractivity contribution is 6.74. The molecule has 5 nitrogen and oxygen atoms in total. The minimum absolute atomic E-state index is 0.000649. The van der Waals surface area contributed by atoms with Crippen molar-refractivity contribution < 1.29 is 23.5 Å². The normalized spacial score (nSPS) is 26.7. The van der Waals surface area contributed by atoms with Gasteiger partial charge in [0.2, 0.25) is 0 Å². The highest BCUT2D eigenvalue weighted by atomic mass is 28.4. The van der Waals surface area contributed by atoms with Crippen molar-refractivity contribution in [2.24, 2.45) is 11.8 Å². The standard InChI is InChI=1S/C30H40O5Si/c1-8-25-27(33-20-23-15-11-9-12-16-23)26(35-36(6,7)29(3,4)5)22(2)19-30(25,21-31)34-28(32)24-17-13-10-14-18-24/h8-18,21-22,25-27H,1,19-20H2,2-7H3/t22-,25+,26-,27-,30-/m1/s1. The number of carbonyl (C=O) groups excluding carboxylic acids is 2. The van der Waals surface area contributed by atoms with Crippen molar-refractivity contribution in [3.05, 3.63) is 84.4 Å². The molecule has 0 amide bonds. The first-order valence-electron chi connectivity index (χ1n) is 12.6. The Balaban J connectivity index is 1.99. The van der Waals surface area contributed by atoms with Crippen molar-refractivity contribution in [2.45, 2.75) is 76.7 Å². The van der Waals surface area contributed by atoms with Crippen LogP contribution < -0.4 is 0 Å². The molecule has 6 heteroatoms. The third kappa shape index (κ3) is 6.05. The lowest BCUT2D eigenvalue weighted by Gasteiger charge is -2.52. The Hall–Kier alpha value is -2.54. The lowest BCUT2D eigenvalue weighted by atomic mass is 9.68. The van der Waals surface area contributed by atoms with Gasteiger partial charge in [-0.2, -0.15) is 0 Å². The summed E-state index contributed by atoms with van der Waals surface area (Å²) < 4.78 is 19.5. The molecule has 0 spiro atoms. The summed E-state index contributed by atoms with van der Waals surface area (Å²) in [5.41, 5.74) is 0.0149. The first-order valence-corrected chi connectivity index (χ1v) is 15.6. The molecule has 3 rings (SSSR count). The van der Waals surface area contributed by atoms with Crippen LogP contribution in [-0.4, -0.2) is 38.4 Å². The maximum atomic E-state index is 13.1. The zero-order valence-corrected chi connectivity index (χ0v) is 23.4. The molecule has 1 saturated carbocycles. The average molecular weight is 509 g/mol. The van der Waals surface area contributed by atoms with Gasteiger partial charge in [0.05, 0.1) is 30.3 Å². The number of aldehydes is 1. The summed E-state index contributed by atoms with van der Waals surface area (Å²) in [6.45, 7) is 17.5. The fourth-order valence-electron chi connectivity index (χ4n) is 4.63. The van der Waals surface area contributed by atoms with E-state index in [1.54, 1.807) is 30.3 Å². The molecule has 1 fully saturated rings. The summed E-state index contributed by atoms with van der Waals surface area (Å²) in [6, 6.07) is 18.6. The second-order valence-corrected chi connectivity index (χ2v) is 16.1. The van der Waals surface area contributed by atoms with Gasteiger partial charge in [-0.25, -0.2) is 4.79 Å². The fourth-order valence-corrected chi connectivity index (χ4v) is 6.03. The van der Waals surface area contributed by atoms with E-state index in [0.29, 0.717) is 18.6 Å². The first kappa shape index (κ1) is 28.0. The van der Waals surface area contributed by atoms with Crippen LogP contribution in [0.3, 0.4) is 0 Å². The van der Waals surface area contributed by atoms with Gasteiger partial charge in [-0.1, -0.05) is 82.3 Å². The maximum Gasteiger partial charge on any atom is 0.339 e. The van der Waals surface area contributed by atoms with Crippen LogP contribution in [0.15, 0.2) is 73.3 Å². The Morgan fingerprint density at radius 2 is 1.64 bits per heavy atom. The Morgan fingerprint density at radius 1 is 1.06 bits per heavy atom. The number of benzene rings is 2. The molecular formula is C30H40O5Si. The van der Waals surface area contributed by atoms with Gasteiger partial charge in [-0.3, -0.25) is 4.79 Å². The molecule has 194 valence electrons. The van der Waals surface area contributed by atoms with Crippen LogP contribution in [-0.2, 0) is 25.3 Å². The topological polar surface area (TPSA) is 61.8 Å². The maximum absolute atomic E-state index is 13.1. The molecule has 0 aliphatic heterocycles. The van der Waals surface area contributed by atoms with Crippen molar-refractivity contribution in [1.82, 2.24) is 0 Å². The number of ether oxygens (including phenoxy) is 2. The zero-order chi connectivity index (χ0) is 26.6. The highest BCUT2D eigenvalue weighted by Gasteiger charge is 2.56. The van der Waals surface area contributed by atoms with E-state index in [4.69, 9.17) is 13.9 Å². The van der Waals surface area contributed by atoms with E-state index in [1.807, 2.05) is 43.3 Å². The van der Waals surface area contributed by atoms with E-state index >= 15 is 0 Å². The molecule has 1 aliphatic carbocycles. The summed E-state index contributed by atoms with van der Waals surface area (Å²) in [4.78, 5) is 25.8. The number of esters is 1. The van der Waals surface area contributed by atoms with Crippen molar-refractivity contribution in [2.75, 3.05) is 0 Å². The van der Waals surface area contributed by atoms with Gasteiger partial charge >= 0.3 is 5.97 Å². The Bertz CT molecular complexity index is 1030. The molecular weight excluding hydrogens is 468 g/mol. The number of hydrogen-bond acceptors (Lipinski definition) is 5. The molecule has 0 saturated heterocycles. The van der Waals surface area contributed by atoms with Gasteiger partial charge in [0.15, 0.2) is 20.2 Å². The summed E-state index contributed by atoms with van der Waals surface area (Å²) >= 11 is 0. The predicted molar refractivity (Wildman–Crippen MR) is 145 cm³/mol. The van der Waals surface area contributed by atoms with E-state index in [9.17, 15) is 9.59 Å². The summed E-state index contributed by atoms with van der Waals surface area (Å²) in [6.07, 6.45) is 1.99. The summed E-state index contributed by atoms with van der Waals surface area (Å²) in [5, 5.41) is -0.000649. The van der Waals surface area contributed by atoms with Crippen molar-refractivity contribution in [1.29, 1.82) is 0 Å². The Labute approximate surface area is 217 Å². The van der Waals surface area contributed by atoms with Gasteiger partial charge in [-0.05, 0) is 48.2 Å². The second-order valence-electron chi connectivity index (χ2n) is 11.4. The molecule has 0 heterocycles. The molecule has 0 N–H and O–H groups in total. The molecule has 36 heavy (non-hydrogen) atoms. The smallest absolute Gasteiger partial charge is 0.339 e. The van der Waals surface area contributed by atoms with Gasteiger partial charge in [-0.15, -0.1) is 6.58 Å². The molecule has 0 unspecified atom stereocenters. The van der Waals surface area contributed by atoms with E-state index < -0.39 is 31.9 Å². The van der Waals surface area contributed by atoms with Gasteiger partial charge in [0, 0.05) is 0 Å². The number of rotatable bonds is 9.